The zero-order valence-electron chi connectivity index (χ0n) is 7.11. The fourth-order valence-electron chi connectivity index (χ4n) is 0.914. The number of hydrogen-bond acceptors (Lipinski definition) is 2. The van der Waals surface area contributed by atoms with Crippen molar-refractivity contribution in [3.05, 3.63) is 24.3 Å². The average molecular weight is 186 g/mol. The summed E-state index contributed by atoms with van der Waals surface area (Å²) < 4.78 is 25.3. The van der Waals surface area contributed by atoms with Gasteiger partial charge in [0.2, 0.25) is 10.0 Å². The molecule has 0 fully saturated rings. The van der Waals surface area contributed by atoms with E-state index in [-0.39, 0.29) is 6.04 Å². The molecule has 0 radical (unpaired) electrons. The number of hydrogen-bond donors (Lipinski definition) is 1. The van der Waals surface area contributed by atoms with Crippen molar-refractivity contribution in [3.63, 3.8) is 0 Å². The minimum absolute atomic E-state index is 0.0649. The van der Waals surface area contributed by atoms with Crippen molar-refractivity contribution in [2.75, 3.05) is 0 Å². The summed E-state index contributed by atoms with van der Waals surface area (Å²) in [5.41, 5.74) is 0. The third-order valence-electron chi connectivity index (χ3n) is 1.33. The predicted molar refractivity (Wildman–Crippen MR) is 47.5 cm³/mol. The van der Waals surface area contributed by atoms with E-state index in [1.54, 1.807) is 38.1 Å². The maximum Gasteiger partial charge on any atom is 0.217 e. The van der Waals surface area contributed by atoms with Gasteiger partial charge in [0, 0.05) is 6.04 Å². The van der Waals surface area contributed by atoms with Crippen LogP contribution in [-0.2, 0) is 10.0 Å². The second-order valence-corrected chi connectivity index (χ2v) is 4.61. The summed E-state index contributed by atoms with van der Waals surface area (Å²) in [5.74, 6) is 0. The molecule has 0 aliphatic rings. The van der Waals surface area contributed by atoms with E-state index >= 15 is 0 Å². The summed E-state index contributed by atoms with van der Waals surface area (Å²) in [7, 11) is -3.27. The van der Waals surface area contributed by atoms with Gasteiger partial charge in [-0.05, 0) is 18.7 Å². The lowest BCUT2D eigenvalue weighted by Crippen LogP contribution is -2.29. The Hall–Kier alpha value is -0.740. The van der Waals surface area contributed by atoms with Crippen LogP contribution in [0.1, 0.15) is 13.8 Å². The Morgan fingerprint density at radius 1 is 1.50 bits per heavy atom. The van der Waals surface area contributed by atoms with Crippen molar-refractivity contribution >= 4 is 10.0 Å². The van der Waals surface area contributed by atoms with E-state index in [1.807, 2.05) is 0 Å². The van der Waals surface area contributed by atoms with E-state index in [0.29, 0.717) is 4.90 Å². The van der Waals surface area contributed by atoms with Gasteiger partial charge in [-0.25, -0.2) is 19.2 Å². The van der Waals surface area contributed by atoms with Gasteiger partial charge in [-0.2, -0.15) is 18.2 Å². The van der Waals surface area contributed by atoms with Gasteiger partial charge in [-0.3, -0.25) is 0 Å². The van der Waals surface area contributed by atoms with Gasteiger partial charge < -0.3 is 0 Å². The van der Waals surface area contributed by atoms with Crippen LogP contribution in [0.2, 0.25) is 0 Å². The molecule has 0 aliphatic carbocycles. The Labute approximate surface area is 72.8 Å². The molecule has 0 aliphatic heterocycles. The van der Waals surface area contributed by atoms with Gasteiger partial charge >= 0.3 is 0 Å². The first kappa shape index (κ1) is 9.35. The number of sulfonamides is 1. The van der Waals surface area contributed by atoms with Crippen molar-refractivity contribution in [3.8, 4) is 0 Å². The normalized spacial score (nSPS) is 12.2. The molecule has 1 aromatic rings. The largest absolute Gasteiger partial charge is 0.217 e. The molecule has 4 heteroatoms. The zero-order chi connectivity index (χ0) is 9.19. The highest BCUT2D eigenvalue weighted by Gasteiger charge is 2.09. The highest BCUT2D eigenvalue weighted by Crippen LogP contribution is 2.08. The summed E-state index contributed by atoms with van der Waals surface area (Å²) in [6, 6.07) is 6.49. The Kier molecular flexibility index (Phi) is 2.59. The maximum absolute atomic E-state index is 11.4. The lowest BCUT2D eigenvalue weighted by Gasteiger charge is -2.10. The molecule has 1 aromatic carbocycles. The van der Waals surface area contributed by atoms with Crippen LogP contribution in [0, 0.1) is 0 Å². The molecular formula is C8H12NO2S-. The second-order valence-electron chi connectivity index (χ2n) is 2.90. The van der Waals surface area contributed by atoms with Crippen LogP contribution in [0.15, 0.2) is 29.2 Å². The Morgan fingerprint density at radius 3 is 2.58 bits per heavy atom. The average Bonchev–Trinajstić information content (AvgIpc) is 2.32. The Bertz CT molecular complexity index is 324. The predicted octanol–water partition coefficient (Wildman–Crippen LogP) is 1.09. The van der Waals surface area contributed by atoms with E-state index in [4.69, 9.17) is 0 Å². The molecule has 0 unspecified atom stereocenters. The monoisotopic (exact) mass is 186 g/mol. The Morgan fingerprint density at radius 2 is 2.17 bits per heavy atom. The van der Waals surface area contributed by atoms with Crippen LogP contribution in [0.4, 0.5) is 0 Å². The fourth-order valence-corrected chi connectivity index (χ4v) is 2.19. The van der Waals surface area contributed by atoms with Gasteiger partial charge in [0.15, 0.2) is 0 Å². The third-order valence-corrected chi connectivity index (χ3v) is 3.01. The van der Waals surface area contributed by atoms with E-state index < -0.39 is 10.0 Å². The molecule has 0 spiro atoms. The molecule has 0 heterocycles. The molecule has 0 saturated heterocycles. The molecular weight excluding hydrogens is 174 g/mol. The van der Waals surface area contributed by atoms with Gasteiger partial charge in [0.25, 0.3) is 0 Å². The summed E-state index contributed by atoms with van der Waals surface area (Å²) in [4.78, 5) is 0.330. The van der Waals surface area contributed by atoms with E-state index in [9.17, 15) is 8.42 Å². The molecule has 0 saturated carbocycles. The van der Waals surface area contributed by atoms with Gasteiger partial charge in [0.1, 0.15) is 0 Å². The number of rotatable bonds is 3. The van der Waals surface area contributed by atoms with Crippen LogP contribution >= 0.6 is 0 Å². The lowest BCUT2D eigenvalue weighted by atomic mass is 10.4. The molecule has 3 nitrogen and oxygen atoms in total. The number of nitrogens with one attached hydrogen (secondary N) is 1. The summed E-state index contributed by atoms with van der Waals surface area (Å²) in [6.07, 6.45) is 0. The lowest BCUT2D eigenvalue weighted by molar-refractivity contribution is 0.570. The first-order valence-corrected chi connectivity index (χ1v) is 5.25. The Balaban J connectivity index is 2.88. The van der Waals surface area contributed by atoms with Gasteiger partial charge in [0.05, 0.1) is 0 Å². The van der Waals surface area contributed by atoms with Crippen LogP contribution in [-0.4, -0.2) is 14.5 Å². The van der Waals surface area contributed by atoms with Gasteiger partial charge in [-0.1, -0.05) is 0 Å². The molecule has 0 atom stereocenters. The highest BCUT2D eigenvalue weighted by molar-refractivity contribution is 7.89. The molecule has 68 valence electrons. The topological polar surface area (TPSA) is 46.2 Å². The molecule has 0 amide bonds. The van der Waals surface area contributed by atoms with Crippen molar-refractivity contribution in [2.24, 2.45) is 0 Å². The van der Waals surface area contributed by atoms with Crippen LogP contribution in [0.5, 0.6) is 0 Å². The standard InChI is InChI=1S/C8H12NO2S/c1-7(2)9-12(10,11)8-5-3-4-6-8/h3-7,9H,1-2H3/q-1. The van der Waals surface area contributed by atoms with Crippen molar-refractivity contribution in [1.29, 1.82) is 0 Å². The van der Waals surface area contributed by atoms with Crippen LogP contribution < -0.4 is 4.72 Å². The molecule has 1 N–H and O–H groups in total. The van der Waals surface area contributed by atoms with Crippen molar-refractivity contribution in [2.45, 2.75) is 24.8 Å². The highest BCUT2D eigenvalue weighted by atomic mass is 32.2. The smallest absolute Gasteiger partial charge is 0.212 e. The summed E-state index contributed by atoms with van der Waals surface area (Å²) in [6.45, 7) is 3.58. The molecule has 0 aromatic heterocycles. The van der Waals surface area contributed by atoms with E-state index in [0.717, 1.165) is 0 Å². The van der Waals surface area contributed by atoms with E-state index in [2.05, 4.69) is 4.72 Å². The quantitative estimate of drug-likeness (QED) is 0.718. The minimum Gasteiger partial charge on any atom is -0.212 e. The van der Waals surface area contributed by atoms with E-state index in [1.165, 1.54) is 0 Å². The third kappa shape index (κ3) is 2.12. The zero-order valence-corrected chi connectivity index (χ0v) is 7.93. The van der Waals surface area contributed by atoms with Gasteiger partial charge in [-0.15, -0.1) is 0 Å². The SMILES string of the molecule is CC(C)NS(=O)(=O)c1ccc[cH-]1. The van der Waals surface area contributed by atoms with Crippen molar-refractivity contribution < 1.29 is 8.42 Å². The molecule has 12 heavy (non-hydrogen) atoms. The first-order chi connectivity index (χ1) is 5.52. The second kappa shape index (κ2) is 3.33. The minimum atomic E-state index is -3.27. The first-order valence-electron chi connectivity index (χ1n) is 3.76. The van der Waals surface area contributed by atoms with Crippen molar-refractivity contribution in [1.82, 2.24) is 4.72 Å². The maximum atomic E-state index is 11.4. The summed E-state index contributed by atoms with van der Waals surface area (Å²) >= 11 is 0. The van der Waals surface area contributed by atoms with Crippen LogP contribution in [0.3, 0.4) is 0 Å². The summed E-state index contributed by atoms with van der Waals surface area (Å²) in [5, 5.41) is 0. The fraction of sp³-hybridized carbons (Fsp3) is 0.375. The molecule has 0 bridgehead atoms. The van der Waals surface area contributed by atoms with Crippen LogP contribution in [0.25, 0.3) is 0 Å². The molecule has 1 rings (SSSR count).